The molecular weight excluding hydrogens is 768 g/mol. The molecule has 4 unspecified atom stereocenters. The molecule has 1 aromatic carbocycles. The van der Waals surface area contributed by atoms with E-state index in [1.54, 1.807) is 30.3 Å². The number of carbonyl (C=O) groups is 11. The second-order valence-electron chi connectivity index (χ2n) is 12.4. The summed E-state index contributed by atoms with van der Waals surface area (Å²) in [6.07, 6.45) is -6.75. The van der Waals surface area contributed by atoms with Crippen LogP contribution in [0.4, 0.5) is 4.79 Å². The van der Waals surface area contributed by atoms with E-state index >= 15 is 0 Å². The average Bonchev–Trinajstić information content (AvgIpc) is 3.12. The number of benzene rings is 1. The number of urea groups is 1. The molecule has 56 heavy (non-hydrogen) atoms. The molecule has 0 aliphatic heterocycles. The van der Waals surface area contributed by atoms with Crippen LogP contribution in [-0.4, -0.2) is 121 Å². The van der Waals surface area contributed by atoms with Gasteiger partial charge >= 0.3 is 35.9 Å². The van der Waals surface area contributed by atoms with E-state index in [9.17, 15) is 73.2 Å². The van der Waals surface area contributed by atoms with Crippen molar-refractivity contribution in [1.82, 2.24) is 21.3 Å². The highest BCUT2D eigenvalue weighted by Crippen LogP contribution is 2.17. The third-order valence-electron chi connectivity index (χ3n) is 8.01. The number of aliphatic carboxylic acids is 5. The number of hydrogen-bond donors (Lipinski definition) is 10. The van der Waals surface area contributed by atoms with Crippen LogP contribution in [-0.2, 0) is 59.1 Å². The topological polar surface area (TPSA) is 346 Å². The van der Waals surface area contributed by atoms with Crippen LogP contribution in [0.3, 0.4) is 0 Å². The van der Waals surface area contributed by atoms with E-state index in [0.717, 1.165) is 0 Å². The second kappa shape index (κ2) is 25.1. The van der Waals surface area contributed by atoms with Gasteiger partial charge in [0.2, 0.25) is 11.8 Å². The summed E-state index contributed by atoms with van der Waals surface area (Å²) >= 11 is 3.96. The number of ether oxygens (including phenoxy) is 1. The van der Waals surface area contributed by atoms with Crippen molar-refractivity contribution >= 4 is 78.4 Å². The van der Waals surface area contributed by atoms with Gasteiger partial charge in [-0.25, -0.2) is 14.4 Å². The molecule has 0 saturated heterocycles. The molecule has 22 heteroatoms. The minimum atomic E-state index is -1.72. The standard InChI is InChI=1S/C34H44N4O17S/c39-17-55-27(10-11-28(43)44)38-34(54)37-23(33(52)53)8-9-26(42)35-22(32(50)51)7-6-21(40)13-19(15-29(45)46)30(47)36-24(12-18-4-2-1-3-5-18)25(41)14-20(16-56)31(48)49/h1-5,17,19-20,22-24,27,56H,6-16H2,(H,35,42)(H,36,47)(H,43,44)(H,45,46)(H,48,49)(H,50,51)(H,52,53)(H2,37,38,54)/t19?,20?,22?,23-,24?,27+/m0/s1. The Hall–Kier alpha value is -6.06. The molecule has 0 fully saturated rings. The number of carboxylic acid groups (broad SMARTS) is 5. The van der Waals surface area contributed by atoms with Crippen molar-refractivity contribution in [3.63, 3.8) is 0 Å². The van der Waals surface area contributed by atoms with E-state index in [1.165, 1.54) is 0 Å². The number of Topliss-reactive ketones (excluding diaryl/α,β-unsaturated/α-hetero) is 2. The van der Waals surface area contributed by atoms with Gasteiger partial charge in [-0.1, -0.05) is 30.3 Å². The predicted octanol–water partition coefficient (Wildman–Crippen LogP) is -0.400. The van der Waals surface area contributed by atoms with Crippen molar-refractivity contribution in [2.75, 3.05) is 5.75 Å². The number of carbonyl (C=O) groups excluding carboxylic acids is 6. The molecular formula is C34H44N4O17S. The SMILES string of the molecule is O=CO[C@H](CCC(=O)O)NC(=O)N[C@@H](CCC(=O)NC(CCC(=O)CC(CC(=O)O)C(=O)NC(Cc1ccccc1)C(=O)CC(CS)C(=O)O)C(=O)O)C(=O)O. The normalized spacial score (nSPS) is 13.9. The summed E-state index contributed by atoms with van der Waals surface area (Å²) in [6.45, 7) is -0.0658. The van der Waals surface area contributed by atoms with Gasteiger partial charge in [-0.15, -0.1) is 0 Å². The second-order valence-corrected chi connectivity index (χ2v) is 12.7. The van der Waals surface area contributed by atoms with Gasteiger partial charge in [0.1, 0.15) is 17.9 Å². The van der Waals surface area contributed by atoms with Crippen LogP contribution in [0, 0.1) is 11.8 Å². The Labute approximate surface area is 324 Å². The number of rotatable bonds is 29. The van der Waals surface area contributed by atoms with E-state index in [0.29, 0.717) is 5.56 Å². The number of ketones is 2. The first-order chi connectivity index (χ1) is 26.4. The molecule has 0 aromatic heterocycles. The number of hydrogen-bond acceptors (Lipinski definition) is 13. The first-order valence-electron chi connectivity index (χ1n) is 16.9. The molecule has 4 amide bonds. The first kappa shape index (κ1) is 48.0. The van der Waals surface area contributed by atoms with E-state index in [4.69, 9.17) is 5.11 Å². The Morgan fingerprint density at radius 2 is 1.25 bits per heavy atom. The summed E-state index contributed by atoms with van der Waals surface area (Å²) in [5.41, 5.74) is 0.584. The van der Waals surface area contributed by atoms with Crippen LogP contribution < -0.4 is 21.3 Å². The maximum absolute atomic E-state index is 13.3. The first-order valence-corrected chi connectivity index (χ1v) is 17.6. The van der Waals surface area contributed by atoms with E-state index in [2.05, 4.69) is 33.3 Å². The van der Waals surface area contributed by atoms with Gasteiger partial charge in [-0.3, -0.25) is 38.4 Å². The fraction of sp³-hybridized carbons (Fsp3) is 0.500. The third kappa shape index (κ3) is 19.3. The molecule has 1 rings (SSSR count). The monoisotopic (exact) mass is 812 g/mol. The van der Waals surface area contributed by atoms with Crippen molar-refractivity contribution in [3.05, 3.63) is 35.9 Å². The van der Waals surface area contributed by atoms with Crippen LogP contribution >= 0.6 is 12.6 Å². The molecule has 1 aromatic rings. The van der Waals surface area contributed by atoms with E-state index < -0.39 is 147 Å². The molecule has 0 saturated carbocycles. The smallest absolute Gasteiger partial charge is 0.326 e. The molecule has 0 bridgehead atoms. The van der Waals surface area contributed by atoms with E-state index in [-0.39, 0.29) is 25.1 Å². The third-order valence-corrected chi connectivity index (χ3v) is 8.45. The van der Waals surface area contributed by atoms with Gasteiger partial charge in [-0.2, -0.15) is 12.6 Å². The van der Waals surface area contributed by atoms with Crippen molar-refractivity contribution < 1.29 is 83.0 Å². The summed E-state index contributed by atoms with van der Waals surface area (Å²) in [5.74, 6) is -13.6. The Kier molecular flexibility index (Phi) is 21.5. The molecule has 0 radical (unpaired) electrons. The lowest BCUT2D eigenvalue weighted by atomic mass is 9.92. The van der Waals surface area contributed by atoms with Crippen LogP contribution in [0.25, 0.3) is 0 Å². The van der Waals surface area contributed by atoms with Crippen LogP contribution in [0.2, 0.25) is 0 Å². The summed E-state index contributed by atoms with van der Waals surface area (Å²) in [6, 6.07) is 2.41. The van der Waals surface area contributed by atoms with Crippen LogP contribution in [0.5, 0.6) is 0 Å². The number of nitrogens with one attached hydrogen (secondary N) is 4. The van der Waals surface area contributed by atoms with Gasteiger partial charge in [0, 0.05) is 37.9 Å². The van der Waals surface area contributed by atoms with Crippen LogP contribution in [0.1, 0.15) is 63.4 Å². The fourth-order valence-electron chi connectivity index (χ4n) is 5.05. The summed E-state index contributed by atoms with van der Waals surface area (Å²) < 4.78 is 4.54. The largest absolute Gasteiger partial charge is 0.481 e. The molecule has 0 heterocycles. The predicted molar refractivity (Wildman–Crippen MR) is 191 cm³/mol. The highest BCUT2D eigenvalue weighted by atomic mass is 32.1. The van der Waals surface area contributed by atoms with Gasteiger partial charge in [-0.05, 0) is 24.8 Å². The van der Waals surface area contributed by atoms with Crippen molar-refractivity contribution in [2.45, 2.75) is 88.6 Å². The maximum Gasteiger partial charge on any atom is 0.326 e. The minimum absolute atomic E-state index is 0.0658. The maximum atomic E-state index is 13.3. The zero-order valence-corrected chi connectivity index (χ0v) is 30.7. The van der Waals surface area contributed by atoms with Gasteiger partial charge in [0.25, 0.3) is 6.47 Å². The average molecular weight is 813 g/mol. The van der Waals surface area contributed by atoms with Gasteiger partial charge < -0.3 is 51.5 Å². The number of thiol groups is 1. The Morgan fingerprint density at radius 1 is 0.643 bits per heavy atom. The van der Waals surface area contributed by atoms with Gasteiger partial charge in [0.15, 0.2) is 12.0 Å². The molecule has 0 aliphatic rings. The molecule has 9 N–H and O–H groups in total. The highest BCUT2D eigenvalue weighted by Gasteiger charge is 2.32. The molecule has 308 valence electrons. The summed E-state index contributed by atoms with van der Waals surface area (Å²) in [7, 11) is 0. The number of amides is 4. The summed E-state index contributed by atoms with van der Waals surface area (Å²) in [5, 5.41) is 55.3. The fourth-order valence-corrected chi connectivity index (χ4v) is 5.33. The zero-order chi connectivity index (χ0) is 42.4. The molecule has 6 atom stereocenters. The summed E-state index contributed by atoms with van der Waals surface area (Å²) in [4.78, 5) is 132. The van der Waals surface area contributed by atoms with Gasteiger partial charge in [0.05, 0.1) is 30.7 Å². The number of carboxylic acids is 5. The minimum Gasteiger partial charge on any atom is -0.481 e. The van der Waals surface area contributed by atoms with E-state index in [1.807, 2.05) is 5.32 Å². The van der Waals surface area contributed by atoms with Crippen LogP contribution in [0.15, 0.2) is 30.3 Å². The molecule has 0 spiro atoms. The Bertz CT molecular complexity index is 1590. The Morgan fingerprint density at radius 3 is 1.79 bits per heavy atom. The molecule has 21 nitrogen and oxygen atoms in total. The van der Waals surface area contributed by atoms with Crippen molar-refractivity contribution in [3.8, 4) is 0 Å². The lowest BCUT2D eigenvalue weighted by Gasteiger charge is -2.22. The Balaban J connectivity index is 2.91. The molecule has 0 aliphatic carbocycles. The van der Waals surface area contributed by atoms with Crippen molar-refractivity contribution in [2.24, 2.45) is 11.8 Å². The van der Waals surface area contributed by atoms with Crippen molar-refractivity contribution in [1.29, 1.82) is 0 Å². The highest BCUT2D eigenvalue weighted by molar-refractivity contribution is 7.80. The zero-order valence-electron chi connectivity index (χ0n) is 29.8. The quantitative estimate of drug-likeness (QED) is 0.0279. The lowest BCUT2D eigenvalue weighted by Crippen LogP contribution is -2.50. The lowest BCUT2D eigenvalue weighted by molar-refractivity contribution is -0.144.